The molecule has 4 aliphatic carbocycles. The summed E-state index contributed by atoms with van der Waals surface area (Å²) in [4.78, 5) is 0. The Morgan fingerprint density at radius 2 is 1.76 bits per heavy atom. The Balaban J connectivity index is 0.00000240. The second-order valence-corrected chi connectivity index (χ2v) is 12.3. The second kappa shape index (κ2) is 8.85. The van der Waals surface area contributed by atoms with E-state index in [-0.39, 0.29) is 12.4 Å². The molecule has 168 valence electrons. The molecule has 0 aromatic heterocycles. The van der Waals surface area contributed by atoms with Crippen molar-refractivity contribution in [2.75, 3.05) is 0 Å². The number of nitrogens with two attached hydrogens (primary N) is 1. The molecule has 0 aromatic carbocycles. The molecule has 0 bridgehead atoms. The van der Waals surface area contributed by atoms with Crippen LogP contribution in [0.2, 0.25) is 0 Å². The molecule has 0 spiro atoms. The molecular weight excluding hydrogens is 374 g/mol. The summed E-state index contributed by atoms with van der Waals surface area (Å²) in [6, 6.07) is 0.423. The average molecular weight is 422 g/mol. The Morgan fingerprint density at radius 3 is 2.48 bits per heavy atom. The van der Waals surface area contributed by atoms with Crippen LogP contribution in [0.5, 0.6) is 0 Å². The van der Waals surface area contributed by atoms with Crippen LogP contribution >= 0.6 is 12.4 Å². The first-order chi connectivity index (χ1) is 13.3. The zero-order valence-electron chi connectivity index (χ0n) is 19.9. The van der Waals surface area contributed by atoms with Crippen molar-refractivity contribution in [1.29, 1.82) is 0 Å². The van der Waals surface area contributed by atoms with E-state index in [1.54, 1.807) is 5.57 Å². The van der Waals surface area contributed by atoms with Gasteiger partial charge in [0.15, 0.2) is 0 Å². The minimum Gasteiger partial charge on any atom is -0.327 e. The van der Waals surface area contributed by atoms with Crippen molar-refractivity contribution in [2.45, 2.75) is 111 Å². The van der Waals surface area contributed by atoms with E-state index in [0.29, 0.717) is 16.9 Å². The van der Waals surface area contributed by atoms with E-state index in [9.17, 15) is 0 Å². The fourth-order valence-electron chi connectivity index (χ4n) is 8.71. The van der Waals surface area contributed by atoms with Gasteiger partial charge in [-0.3, -0.25) is 0 Å². The zero-order valence-corrected chi connectivity index (χ0v) is 20.7. The molecule has 4 rings (SSSR count). The number of allylic oxidation sites excluding steroid dienone is 1. The van der Waals surface area contributed by atoms with Gasteiger partial charge in [0, 0.05) is 6.04 Å². The standard InChI is InChI=1S/C27H47N.ClH/c1-18(2)7-6-8-19(3)23-11-12-24-22-10-9-20-17-21(28)13-15-26(20,4)25(22)14-16-27(23,24)5;/h9,18-19,21-25H,6-8,10-17,28H2,1-5H3;1H/t19?,21-,22+,23-,24+,25+,26+,27-;/m1./s1. The molecule has 4 aliphatic rings. The molecule has 3 fully saturated rings. The Labute approximate surface area is 187 Å². The van der Waals surface area contributed by atoms with Crippen LogP contribution in [0.25, 0.3) is 0 Å². The molecule has 29 heavy (non-hydrogen) atoms. The largest absolute Gasteiger partial charge is 0.327 e. The third-order valence-corrected chi connectivity index (χ3v) is 10.3. The van der Waals surface area contributed by atoms with E-state index in [0.717, 1.165) is 35.5 Å². The van der Waals surface area contributed by atoms with Gasteiger partial charge >= 0.3 is 0 Å². The number of hydrogen-bond donors (Lipinski definition) is 1. The van der Waals surface area contributed by atoms with Gasteiger partial charge in [0.05, 0.1) is 0 Å². The monoisotopic (exact) mass is 421 g/mol. The molecular formula is C27H48ClN. The fraction of sp³-hybridized carbons (Fsp3) is 0.926. The van der Waals surface area contributed by atoms with Gasteiger partial charge in [0.1, 0.15) is 0 Å². The number of fused-ring (bicyclic) bond motifs is 5. The van der Waals surface area contributed by atoms with Gasteiger partial charge in [-0.2, -0.15) is 0 Å². The molecule has 1 nitrogen and oxygen atoms in total. The first-order valence-electron chi connectivity index (χ1n) is 12.7. The average Bonchev–Trinajstić information content (AvgIpc) is 2.99. The van der Waals surface area contributed by atoms with Crippen LogP contribution in [0.15, 0.2) is 11.6 Å². The van der Waals surface area contributed by atoms with Crippen LogP contribution in [-0.4, -0.2) is 6.04 Å². The summed E-state index contributed by atoms with van der Waals surface area (Å²) < 4.78 is 0. The highest BCUT2D eigenvalue weighted by atomic mass is 35.5. The van der Waals surface area contributed by atoms with Gasteiger partial charge in [-0.15, -0.1) is 12.4 Å². The molecule has 3 saturated carbocycles. The van der Waals surface area contributed by atoms with E-state index < -0.39 is 0 Å². The summed E-state index contributed by atoms with van der Waals surface area (Å²) in [6.45, 7) is 12.7. The minimum atomic E-state index is 0. The van der Waals surface area contributed by atoms with Gasteiger partial charge < -0.3 is 5.73 Å². The lowest BCUT2D eigenvalue weighted by molar-refractivity contribution is -0.0508. The minimum absolute atomic E-state index is 0. The number of halogens is 1. The lowest BCUT2D eigenvalue weighted by atomic mass is 9.47. The summed E-state index contributed by atoms with van der Waals surface area (Å²) in [5.41, 5.74) is 9.18. The molecule has 2 N–H and O–H groups in total. The molecule has 0 aliphatic heterocycles. The van der Waals surface area contributed by atoms with E-state index in [2.05, 4.69) is 40.7 Å². The first kappa shape index (κ1) is 23.6. The highest BCUT2D eigenvalue weighted by molar-refractivity contribution is 5.85. The number of hydrogen-bond acceptors (Lipinski definition) is 1. The van der Waals surface area contributed by atoms with Crippen molar-refractivity contribution in [3.63, 3.8) is 0 Å². The third-order valence-electron chi connectivity index (χ3n) is 10.3. The lowest BCUT2D eigenvalue weighted by Gasteiger charge is -2.58. The summed E-state index contributed by atoms with van der Waals surface area (Å²) >= 11 is 0. The SMILES string of the molecule is CC(C)CCCC(C)[C@H]1CC[C@H]2[C@@H]3CC=C4C[C@H](N)CC[C@]4(C)[C@H]3CC[C@]12C.Cl. The van der Waals surface area contributed by atoms with Crippen molar-refractivity contribution in [3.05, 3.63) is 11.6 Å². The van der Waals surface area contributed by atoms with Crippen LogP contribution in [0.3, 0.4) is 0 Å². The normalized spacial score (nSPS) is 44.9. The Kier molecular flexibility index (Phi) is 7.22. The summed E-state index contributed by atoms with van der Waals surface area (Å²) in [5.74, 6) is 5.63. The Bertz CT molecular complexity index is 597. The third kappa shape index (κ3) is 4.09. The second-order valence-electron chi connectivity index (χ2n) is 12.3. The summed E-state index contributed by atoms with van der Waals surface area (Å²) in [7, 11) is 0. The van der Waals surface area contributed by atoms with Crippen molar-refractivity contribution in [3.8, 4) is 0 Å². The molecule has 2 heteroatoms. The van der Waals surface area contributed by atoms with E-state index in [4.69, 9.17) is 5.73 Å². The van der Waals surface area contributed by atoms with Gasteiger partial charge in [-0.05, 0) is 97.7 Å². The quantitative estimate of drug-likeness (QED) is 0.450. The summed E-state index contributed by atoms with van der Waals surface area (Å²) in [5, 5.41) is 0. The molecule has 0 radical (unpaired) electrons. The highest BCUT2D eigenvalue weighted by Gasteiger charge is 2.58. The van der Waals surface area contributed by atoms with E-state index in [1.165, 1.54) is 70.6 Å². The topological polar surface area (TPSA) is 26.0 Å². The highest BCUT2D eigenvalue weighted by Crippen LogP contribution is 2.67. The Hall–Kier alpha value is -0.0100. The maximum atomic E-state index is 6.34. The fourth-order valence-corrected chi connectivity index (χ4v) is 8.71. The van der Waals surface area contributed by atoms with Crippen LogP contribution in [0.1, 0.15) is 105 Å². The van der Waals surface area contributed by atoms with Gasteiger partial charge in [-0.25, -0.2) is 0 Å². The maximum absolute atomic E-state index is 6.34. The van der Waals surface area contributed by atoms with Crippen molar-refractivity contribution in [1.82, 2.24) is 0 Å². The van der Waals surface area contributed by atoms with Crippen molar-refractivity contribution in [2.24, 2.45) is 52.1 Å². The van der Waals surface area contributed by atoms with Crippen LogP contribution < -0.4 is 5.73 Å². The maximum Gasteiger partial charge on any atom is 0.00766 e. The smallest absolute Gasteiger partial charge is 0.00766 e. The molecule has 1 unspecified atom stereocenters. The zero-order chi connectivity index (χ0) is 20.1. The molecule has 0 aromatic rings. The predicted octanol–water partition coefficient (Wildman–Crippen LogP) is 7.78. The van der Waals surface area contributed by atoms with Gasteiger partial charge in [-0.1, -0.05) is 65.5 Å². The first-order valence-corrected chi connectivity index (χ1v) is 12.7. The predicted molar refractivity (Wildman–Crippen MR) is 128 cm³/mol. The number of rotatable bonds is 5. The molecule has 8 atom stereocenters. The molecule has 0 saturated heterocycles. The van der Waals surface area contributed by atoms with Crippen molar-refractivity contribution >= 4 is 12.4 Å². The summed E-state index contributed by atoms with van der Waals surface area (Å²) in [6.07, 6.45) is 18.1. The molecule has 0 heterocycles. The lowest BCUT2D eigenvalue weighted by Crippen LogP contribution is -2.51. The van der Waals surface area contributed by atoms with E-state index in [1.807, 2.05) is 0 Å². The van der Waals surface area contributed by atoms with Gasteiger partial charge in [0.2, 0.25) is 0 Å². The Morgan fingerprint density at radius 1 is 1.00 bits per heavy atom. The van der Waals surface area contributed by atoms with E-state index >= 15 is 0 Å². The van der Waals surface area contributed by atoms with Crippen molar-refractivity contribution < 1.29 is 0 Å². The van der Waals surface area contributed by atoms with Gasteiger partial charge in [0.25, 0.3) is 0 Å². The van der Waals surface area contributed by atoms with Crippen LogP contribution in [-0.2, 0) is 0 Å². The van der Waals surface area contributed by atoms with Crippen LogP contribution in [0.4, 0.5) is 0 Å². The van der Waals surface area contributed by atoms with Crippen LogP contribution in [0, 0.1) is 46.3 Å². The molecule has 0 amide bonds.